The molecule has 0 heterocycles. The molecular weight excluding hydrogens is 292 g/mol. The number of hydrogen-bond acceptors (Lipinski definition) is 4. The molecule has 0 radical (unpaired) electrons. The SMILES string of the molecule is COc1cc(NC(=O)C2CCCC2C)ccc1S(N)(=O)=O. The van der Waals surface area contributed by atoms with Crippen LogP contribution in [0.2, 0.25) is 0 Å². The van der Waals surface area contributed by atoms with Gasteiger partial charge in [0.05, 0.1) is 7.11 Å². The van der Waals surface area contributed by atoms with Gasteiger partial charge in [0.2, 0.25) is 15.9 Å². The van der Waals surface area contributed by atoms with Crippen molar-refractivity contribution in [1.29, 1.82) is 0 Å². The van der Waals surface area contributed by atoms with Crippen LogP contribution in [0.5, 0.6) is 5.75 Å². The normalized spacial score (nSPS) is 22.0. The number of nitrogens with two attached hydrogens (primary N) is 1. The predicted molar refractivity (Wildman–Crippen MR) is 79.5 cm³/mol. The first-order valence-corrected chi connectivity index (χ1v) is 8.39. The lowest BCUT2D eigenvalue weighted by Crippen LogP contribution is -2.24. The van der Waals surface area contributed by atoms with Crippen molar-refractivity contribution in [3.05, 3.63) is 18.2 Å². The third kappa shape index (κ3) is 3.54. The molecule has 7 heteroatoms. The predicted octanol–water partition coefficient (Wildman–Crippen LogP) is 1.72. The highest BCUT2D eigenvalue weighted by Crippen LogP contribution is 2.33. The fraction of sp³-hybridized carbons (Fsp3) is 0.500. The second kappa shape index (κ2) is 6.03. The number of nitrogens with one attached hydrogen (secondary N) is 1. The van der Waals surface area contributed by atoms with Crippen molar-refractivity contribution in [2.24, 2.45) is 17.0 Å². The van der Waals surface area contributed by atoms with E-state index in [1.165, 1.54) is 25.3 Å². The van der Waals surface area contributed by atoms with Gasteiger partial charge in [-0.3, -0.25) is 4.79 Å². The largest absolute Gasteiger partial charge is 0.495 e. The molecule has 0 spiro atoms. The average Bonchev–Trinajstić information content (AvgIpc) is 2.83. The quantitative estimate of drug-likeness (QED) is 0.884. The van der Waals surface area contributed by atoms with Gasteiger partial charge >= 0.3 is 0 Å². The molecule has 1 fully saturated rings. The Balaban J connectivity index is 2.20. The zero-order valence-corrected chi connectivity index (χ0v) is 12.9. The molecule has 21 heavy (non-hydrogen) atoms. The number of sulfonamides is 1. The smallest absolute Gasteiger partial charge is 0.241 e. The molecule has 0 aliphatic heterocycles. The Morgan fingerprint density at radius 3 is 2.62 bits per heavy atom. The third-order valence-corrected chi connectivity index (χ3v) is 4.89. The second-order valence-corrected chi connectivity index (χ2v) is 6.94. The summed E-state index contributed by atoms with van der Waals surface area (Å²) < 4.78 is 27.8. The van der Waals surface area contributed by atoms with E-state index in [0.717, 1.165) is 19.3 Å². The number of amides is 1. The van der Waals surface area contributed by atoms with Crippen molar-refractivity contribution >= 4 is 21.6 Å². The minimum atomic E-state index is -3.85. The van der Waals surface area contributed by atoms with Crippen molar-refractivity contribution in [3.8, 4) is 5.75 Å². The number of carbonyl (C=O) groups is 1. The number of hydrogen-bond donors (Lipinski definition) is 2. The van der Waals surface area contributed by atoms with Crippen LogP contribution in [-0.2, 0) is 14.8 Å². The van der Waals surface area contributed by atoms with Gasteiger partial charge < -0.3 is 10.1 Å². The Bertz CT molecular complexity index is 642. The molecule has 2 atom stereocenters. The molecular formula is C14H20N2O4S. The molecule has 1 aliphatic carbocycles. The fourth-order valence-electron chi connectivity index (χ4n) is 2.75. The van der Waals surface area contributed by atoms with Crippen LogP contribution < -0.4 is 15.2 Å². The summed E-state index contributed by atoms with van der Waals surface area (Å²) in [4.78, 5) is 12.1. The van der Waals surface area contributed by atoms with E-state index in [-0.39, 0.29) is 22.5 Å². The monoisotopic (exact) mass is 312 g/mol. The Morgan fingerprint density at radius 2 is 2.10 bits per heavy atom. The van der Waals surface area contributed by atoms with Crippen LogP contribution >= 0.6 is 0 Å². The van der Waals surface area contributed by atoms with Gasteiger partial charge in [-0.1, -0.05) is 13.3 Å². The van der Waals surface area contributed by atoms with E-state index >= 15 is 0 Å². The number of carbonyl (C=O) groups excluding carboxylic acids is 1. The Kier molecular flexibility index (Phi) is 4.53. The number of ether oxygens (including phenoxy) is 1. The van der Waals surface area contributed by atoms with Crippen molar-refractivity contribution in [1.82, 2.24) is 0 Å². The van der Waals surface area contributed by atoms with Crippen molar-refractivity contribution in [2.45, 2.75) is 31.1 Å². The summed E-state index contributed by atoms with van der Waals surface area (Å²) in [6.07, 6.45) is 3.01. The van der Waals surface area contributed by atoms with E-state index in [2.05, 4.69) is 12.2 Å². The van der Waals surface area contributed by atoms with Crippen LogP contribution in [0.25, 0.3) is 0 Å². The van der Waals surface area contributed by atoms with Crippen molar-refractivity contribution in [2.75, 3.05) is 12.4 Å². The lowest BCUT2D eigenvalue weighted by atomic mass is 9.97. The fourth-order valence-corrected chi connectivity index (χ4v) is 3.43. The minimum Gasteiger partial charge on any atom is -0.495 e. The van der Waals surface area contributed by atoms with Gasteiger partial charge in [0, 0.05) is 17.7 Å². The first-order valence-electron chi connectivity index (χ1n) is 6.84. The molecule has 2 rings (SSSR count). The third-order valence-electron chi connectivity index (χ3n) is 3.94. The minimum absolute atomic E-state index is 0.00825. The van der Waals surface area contributed by atoms with Crippen LogP contribution in [-0.4, -0.2) is 21.4 Å². The molecule has 6 nitrogen and oxygen atoms in total. The number of primary sulfonamides is 1. The van der Waals surface area contributed by atoms with E-state index in [1.54, 1.807) is 0 Å². The molecule has 1 amide bonds. The molecule has 1 aromatic carbocycles. The van der Waals surface area contributed by atoms with Gasteiger partial charge in [-0.15, -0.1) is 0 Å². The van der Waals surface area contributed by atoms with E-state index in [4.69, 9.17) is 9.88 Å². The highest BCUT2D eigenvalue weighted by Gasteiger charge is 2.29. The topological polar surface area (TPSA) is 98.5 Å². The van der Waals surface area contributed by atoms with E-state index in [1.807, 2.05) is 0 Å². The summed E-state index contributed by atoms with van der Waals surface area (Å²) in [7, 11) is -2.50. The first kappa shape index (κ1) is 15.8. The van der Waals surface area contributed by atoms with Crippen molar-refractivity contribution in [3.63, 3.8) is 0 Å². The Labute approximate surface area is 124 Å². The maximum atomic E-state index is 12.2. The highest BCUT2D eigenvalue weighted by molar-refractivity contribution is 7.89. The lowest BCUT2D eigenvalue weighted by molar-refractivity contribution is -0.120. The number of rotatable bonds is 4. The number of benzene rings is 1. The van der Waals surface area contributed by atoms with Gasteiger partial charge in [0.25, 0.3) is 0 Å². The molecule has 0 saturated heterocycles. The van der Waals surface area contributed by atoms with Gasteiger partial charge in [-0.05, 0) is 30.9 Å². The van der Waals surface area contributed by atoms with Gasteiger partial charge in [-0.2, -0.15) is 0 Å². The summed E-state index contributed by atoms with van der Waals surface area (Å²) in [6.45, 7) is 2.07. The van der Waals surface area contributed by atoms with Crippen molar-refractivity contribution < 1.29 is 17.9 Å². The summed E-state index contributed by atoms with van der Waals surface area (Å²) in [6, 6.07) is 4.32. The zero-order chi connectivity index (χ0) is 15.6. The first-order chi connectivity index (χ1) is 9.82. The Hall–Kier alpha value is -1.60. The van der Waals surface area contributed by atoms with Crippen LogP contribution in [0.4, 0.5) is 5.69 Å². The van der Waals surface area contributed by atoms with E-state index in [9.17, 15) is 13.2 Å². The molecule has 2 unspecified atom stereocenters. The molecule has 0 bridgehead atoms. The molecule has 1 saturated carbocycles. The highest BCUT2D eigenvalue weighted by atomic mass is 32.2. The summed E-state index contributed by atoms with van der Waals surface area (Å²) >= 11 is 0. The standard InChI is InChI=1S/C14H20N2O4S/c1-9-4-3-5-11(9)14(17)16-10-6-7-13(21(15,18)19)12(8-10)20-2/h6-9,11H,3-5H2,1-2H3,(H,16,17)(H2,15,18,19). The summed E-state index contributed by atoms with van der Waals surface area (Å²) in [5.74, 6) is 0.463. The maximum Gasteiger partial charge on any atom is 0.241 e. The van der Waals surface area contributed by atoms with Gasteiger partial charge in [0.1, 0.15) is 10.6 Å². The average molecular weight is 312 g/mol. The molecule has 1 aliphatic rings. The maximum absolute atomic E-state index is 12.2. The molecule has 1 aromatic rings. The zero-order valence-electron chi connectivity index (χ0n) is 12.1. The summed E-state index contributed by atoms with van der Waals surface area (Å²) in [5.41, 5.74) is 0.503. The number of methoxy groups -OCH3 is 1. The molecule has 0 aromatic heterocycles. The Morgan fingerprint density at radius 1 is 1.38 bits per heavy atom. The molecule has 116 valence electrons. The van der Waals surface area contributed by atoms with Crippen LogP contribution in [0.1, 0.15) is 26.2 Å². The molecule has 3 N–H and O–H groups in total. The number of anilines is 1. The van der Waals surface area contributed by atoms with Crippen LogP contribution in [0.15, 0.2) is 23.1 Å². The lowest BCUT2D eigenvalue weighted by Gasteiger charge is -2.16. The van der Waals surface area contributed by atoms with Gasteiger partial charge in [-0.25, -0.2) is 13.6 Å². The van der Waals surface area contributed by atoms with Gasteiger partial charge in [0.15, 0.2) is 0 Å². The second-order valence-electron chi connectivity index (χ2n) is 5.41. The van der Waals surface area contributed by atoms with E-state index < -0.39 is 10.0 Å². The van der Waals surface area contributed by atoms with E-state index in [0.29, 0.717) is 11.6 Å². The summed E-state index contributed by atoms with van der Waals surface area (Å²) in [5, 5.41) is 7.92. The van der Waals surface area contributed by atoms with Crippen LogP contribution in [0, 0.1) is 11.8 Å². The van der Waals surface area contributed by atoms with Crippen LogP contribution in [0.3, 0.4) is 0 Å².